The Balaban J connectivity index is 2.19. The Bertz CT molecular complexity index is 164. The molecule has 1 heterocycles. The first kappa shape index (κ1) is 10.3. The van der Waals surface area contributed by atoms with E-state index in [1.807, 2.05) is 11.8 Å². The molecule has 11 heavy (non-hydrogen) atoms. The highest BCUT2D eigenvalue weighted by Gasteiger charge is 2.33. The fraction of sp³-hybridized carbons (Fsp3) is 0.800. The monoisotopic (exact) mass is 250 g/mol. The fourth-order valence-corrected chi connectivity index (χ4v) is 2.52. The molecule has 1 fully saturated rings. The largest absolute Gasteiger partial charge is 0.282 e. The maximum atomic E-state index is 11.0. The first-order valence-electron chi connectivity index (χ1n) is 2.85. The third-order valence-electron chi connectivity index (χ3n) is 1.03. The molecule has 0 aromatic heterocycles. The van der Waals surface area contributed by atoms with E-state index in [0.29, 0.717) is 5.25 Å². The number of carbonyl (C=O) groups excluding carboxylic acids is 1. The predicted octanol–water partition coefficient (Wildman–Crippen LogP) is 2.73. The zero-order chi connectivity index (χ0) is 8.48. The van der Waals surface area contributed by atoms with Crippen LogP contribution >= 0.6 is 58.3 Å². The van der Waals surface area contributed by atoms with E-state index in [9.17, 15) is 4.79 Å². The summed E-state index contributed by atoms with van der Waals surface area (Å²) in [6, 6.07) is 0. The summed E-state index contributed by atoms with van der Waals surface area (Å²) in [6.45, 7) is 0. The molecule has 0 aromatic rings. The molecular formula is C5H5Cl3OS2. The van der Waals surface area contributed by atoms with Gasteiger partial charge in [0, 0.05) is 16.8 Å². The van der Waals surface area contributed by atoms with E-state index < -0.39 is 3.79 Å². The van der Waals surface area contributed by atoms with Crippen molar-refractivity contribution in [2.45, 2.75) is 9.04 Å². The van der Waals surface area contributed by atoms with Gasteiger partial charge in [0.1, 0.15) is 0 Å². The Hall–Kier alpha value is 1.24. The summed E-state index contributed by atoms with van der Waals surface area (Å²) in [5.74, 6) is 1.89. The van der Waals surface area contributed by atoms with E-state index in [-0.39, 0.29) is 5.12 Å². The van der Waals surface area contributed by atoms with Gasteiger partial charge in [-0.1, -0.05) is 46.6 Å². The van der Waals surface area contributed by atoms with Gasteiger partial charge >= 0.3 is 0 Å². The highest BCUT2D eigenvalue weighted by molar-refractivity contribution is 8.16. The predicted molar refractivity (Wildman–Crippen MR) is 54.0 cm³/mol. The summed E-state index contributed by atoms with van der Waals surface area (Å²) in [7, 11) is 0. The fourth-order valence-electron chi connectivity index (χ4n) is 0.415. The molecule has 0 N–H and O–H groups in total. The van der Waals surface area contributed by atoms with E-state index >= 15 is 0 Å². The number of carbonyl (C=O) groups is 1. The first-order valence-corrected chi connectivity index (χ1v) is 6.02. The Morgan fingerprint density at radius 1 is 1.64 bits per heavy atom. The summed E-state index contributed by atoms with van der Waals surface area (Å²) in [4.78, 5) is 11.0. The van der Waals surface area contributed by atoms with Crippen molar-refractivity contribution in [3.8, 4) is 0 Å². The maximum absolute atomic E-state index is 11.0. The molecule has 1 aliphatic rings. The lowest BCUT2D eigenvalue weighted by molar-refractivity contribution is -0.110. The standard InChI is InChI=1S/C5H5Cl3OS2/c6-5(7,8)4(9)11-2-3-1-10-3/h3H,1-2H2. The second kappa shape index (κ2) is 3.97. The van der Waals surface area contributed by atoms with Crippen LogP contribution in [0.1, 0.15) is 0 Å². The SMILES string of the molecule is O=C(SCC1CS1)C(Cl)(Cl)Cl. The highest BCUT2D eigenvalue weighted by Crippen LogP contribution is 2.37. The van der Waals surface area contributed by atoms with Crippen LogP contribution in [0.2, 0.25) is 0 Å². The van der Waals surface area contributed by atoms with Crippen molar-refractivity contribution in [1.82, 2.24) is 0 Å². The minimum atomic E-state index is -1.75. The number of alkyl halides is 3. The van der Waals surface area contributed by atoms with Crippen LogP contribution in [-0.4, -0.2) is 25.7 Å². The van der Waals surface area contributed by atoms with Gasteiger partial charge in [0.05, 0.1) is 0 Å². The summed E-state index contributed by atoms with van der Waals surface area (Å²) in [5.41, 5.74) is 0. The van der Waals surface area contributed by atoms with Crippen LogP contribution in [0, 0.1) is 0 Å². The van der Waals surface area contributed by atoms with Crippen molar-refractivity contribution in [2.24, 2.45) is 0 Å². The summed E-state index contributed by atoms with van der Waals surface area (Å²) < 4.78 is -1.75. The highest BCUT2D eigenvalue weighted by atomic mass is 35.6. The molecule has 64 valence electrons. The molecule has 1 rings (SSSR count). The lowest BCUT2D eigenvalue weighted by Gasteiger charge is -2.06. The van der Waals surface area contributed by atoms with Crippen molar-refractivity contribution in [2.75, 3.05) is 11.5 Å². The van der Waals surface area contributed by atoms with Crippen LogP contribution in [0.15, 0.2) is 0 Å². The molecule has 0 spiro atoms. The van der Waals surface area contributed by atoms with Crippen molar-refractivity contribution in [1.29, 1.82) is 0 Å². The molecule has 0 saturated carbocycles. The topological polar surface area (TPSA) is 17.1 Å². The minimum absolute atomic E-state index is 0.380. The average Bonchev–Trinajstić information content (AvgIpc) is 2.62. The van der Waals surface area contributed by atoms with Crippen LogP contribution in [0.3, 0.4) is 0 Å². The van der Waals surface area contributed by atoms with Gasteiger partial charge in [-0.05, 0) is 0 Å². The van der Waals surface area contributed by atoms with Gasteiger partial charge in [-0.25, -0.2) is 0 Å². The molecular weight excluding hydrogens is 247 g/mol. The van der Waals surface area contributed by atoms with Crippen molar-refractivity contribution in [3.05, 3.63) is 0 Å². The van der Waals surface area contributed by atoms with E-state index in [1.165, 1.54) is 0 Å². The Morgan fingerprint density at radius 2 is 2.18 bits per heavy atom. The summed E-state index contributed by atoms with van der Waals surface area (Å²) in [6.07, 6.45) is 0. The van der Waals surface area contributed by atoms with Gasteiger partial charge in [-0.3, -0.25) is 4.79 Å². The molecule has 0 bridgehead atoms. The first-order chi connectivity index (χ1) is 5.00. The van der Waals surface area contributed by atoms with E-state index in [2.05, 4.69) is 0 Å². The Morgan fingerprint density at radius 3 is 2.55 bits per heavy atom. The number of hydrogen-bond donors (Lipinski definition) is 0. The summed E-state index contributed by atoms with van der Waals surface area (Å²) >= 11 is 18.9. The van der Waals surface area contributed by atoms with E-state index in [0.717, 1.165) is 23.3 Å². The van der Waals surface area contributed by atoms with Gasteiger partial charge in [0.2, 0.25) is 5.12 Å². The lowest BCUT2D eigenvalue weighted by Crippen LogP contribution is -2.15. The molecule has 1 aliphatic heterocycles. The molecule has 1 atom stereocenters. The summed E-state index contributed by atoms with van der Waals surface area (Å²) in [5, 5.41) is 0.214. The minimum Gasteiger partial charge on any atom is -0.282 e. The van der Waals surface area contributed by atoms with Crippen LogP contribution < -0.4 is 0 Å². The van der Waals surface area contributed by atoms with Crippen LogP contribution in [0.4, 0.5) is 0 Å². The zero-order valence-corrected chi connectivity index (χ0v) is 9.25. The van der Waals surface area contributed by atoms with Crippen LogP contribution in [-0.2, 0) is 4.79 Å². The maximum Gasteiger partial charge on any atom is 0.259 e. The van der Waals surface area contributed by atoms with Gasteiger partial charge < -0.3 is 0 Å². The molecule has 1 nitrogen and oxygen atoms in total. The van der Waals surface area contributed by atoms with Crippen molar-refractivity contribution < 1.29 is 4.79 Å². The molecule has 6 heteroatoms. The average molecular weight is 252 g/mol. The van der Waals surface area contributed by atoms with E-state index in [1.54, 1.807) is 0 Å². The normalized spacial score (nSPS) is 23.4. The van der Waals surface area contributed by atoms with Crippen LogP contribution in [0.5, 0.6) is 0 Å². The van der Waals surface area contributed by atoms with Crippen LogP contribution in [0.25, 0.3) is 0 Å². The second-order valence-corrected chi connectivity index (χ2v) is 6.66. The van der Waals surface area contributed by atoms with Crippen molar-refractivity contribution >= 4 is 63.4 Å². The van der Waals surface area contributed by atoms with Gasteiger partial charge in [0.15, 0.2) is 0 Å². The number of thioether (sulfide) groups is 2. The van der Waals surface area contributed by atoms with Crippen molar-refractivity contribution in [3.63, 3.8) is 0 Å². The number of halogens is 3. The number of rotatable bonds is 2. The molecule has 0 aromatic carbocycles. The second-order valence-electron chi connectivity index (χ2n) is 2.05. The van der Waals surface area contributed by atoms with Gasteiger partial charge in [0.25, 0.3) is 3.79 Å². The lowest BCUT2D eigenvalue weighted by atomic mass is 10.6. The smallest absolute Gasteiger partial charge is 0.259 e. The van der Waals surface area contributed by atoms with Gasteiger partial charge in [-0.15, -0.1) is 0 Å². The molecule has 0 radical (unpaired) electrons. The Kier molecular flexibility index (Phi) is 3.72. The molecule has 0 amide bonds. The third-order valence-corrected chi connectivity index (χ3v) is 4.21. The quantitative estimate of drug-likeness (QED) is 0.555. The Labute approximate surface area is 88.5 Å². The van der Waals surface area contributed by atoms with E-state index in [4.69, 9.17) is 34.8 Å². The molecule has 1 unspecified atom stereocenters. The molecule has 0 aliphatic carbocycles. The third kappa shape index (κ3) is 4.13. The van der Waals surface area contributed by atoms with Gasteiger partial charge in [-0.2, -0.15) is 11.8 Å². The zero-order valence-electron chi connectivity index (χ0n) is 5.35. The number of hydrogen-bond acceptors (Lipinski definition) is 3. The molecule has 1 saturated heterocycles.